The van der Waals surface area contributed by atoms with Gasteiger partial charge in [-0.3, -0.25) is 4.79 Å². The summed E-state index contributed by atoms with van der Waals surface area (Å²) in [5.41, 5.74) is 3.60. The molecule has 0 spiro atoms. The highest BCUT2D eigenvalue weighted by molar-refractivity contribution is 5.95. The zero-order valence-corrected chi connectivity index (χ0v) is 11.9. The van der Waals surface area contributed by atoms with Crippen LogP contribution in [0.1, 0.15) is 21.6 Å². The maximum atomic E-state index is 12.1. The molecule has 1 N–H and O–H groups in total. The van der Waals surface area contributed by atoms with E-state index in [-0.39, 0.29) is 5.91 Å². The van der Waals surface area contributed by atoms with E-state index in [4.69, 9.17) is 0 Å². The van der Waals surface area contributed by atoms with Crippen molar-refractivity contribution < 1.29 is 4.79 Å². The summed E-state index contributed by atoms with van der Waals surface area (Å²) in [6.45, 7) is 2.56. The van der Waals surface area contributed by atoms with Crippen molar-refractivity contribution in [3.05, 3.63) is 71.7 Å². The van der Waals surface area contributed by atoms with Gasteiger partial charge in [0.25, 0.3) is 5.91 Å². The summed E-state index contributed by atoms with van der Waals surface area (Å²) in [6.07, 6.45) is 4.63. The molecular weight excluding hydrogens is 262 g/mol. The van der Waals surface area contributed by atoms with E-state index in [2.05, 4.69) is 22.4 Å². The van der Waals surface area contributed by atoms with Crippen molar-refractivity contribution in [3.8, 4) is 0 Å². The standard InChI is InChI=1S/C17H17N3O/c1-13-12-20-10-8-15(11-16(20)19-13)17(21)18-9-7-14-5-3-2-4-6-14/h2-6,8,10-12H,7,9H2,1H3,(H,18,21). The van der Waals surface area contributed by atoms with Gasteiger partial charge in [0.15, 0.2) is 0 Å². The molecule has 2 heterocycles. The van der Waals surface area contributed by atoms with Crippen LogP contribution in [0.25, 0.3) is 5.65 Å². The fourth-order valence-electron chi connectivity index (χ4n) is 2.32. The van der Waals surface area contributed by atoms with Gasteiger partial charge in [0.05, 0.1) is 5.69 Å². The Balaban J connectivity index is 1.63. The maximum absolute atomic E-state index is 12.1. The highest BCUT2D eigenvalue weighted by Crippen LogP contribution is 2.08. The molecule has 3 rings (SSSR count). The summed E-state index contributed by atoms with van der Waals surface area (Å²) in [4.78, 5) is 16.5. The van der Waals surface area contributed by atoms with Gasteiger partial charge < -0.3 is 9.72 Å². The second-order valence-corrected chi connectivity index (χ2v) is 5.05. The van der Waals surface area contributed by atoms with Gasteiger partial charge in [0.1, 0.15) is 5.65 Å². The Labute approximate surface area is 123 Å². The van der Waals surface area contributed by atoms with Crippen LogP contribution in [0.3, 0.4) is 0 Å². The van der Waals surface area contributed by atoms with E-state index in [1.54, 1.807) is 0 Å². The minimum absolute atomic E-state index is 0.0610. The normalized spacial score (nSPS) is 10.7. The number of nitrogens with one attached hydrogen (secondary N) is 1. The van der Waals surface area contributed by atoms with E-state index < -0.39 is 0 Å². The first-order valence-corrected chi connectivity index (χ1v) is 7.00. The van der Waals surface area contributed by atoms with E-state index in [1.807, 2.05) is 54.0 Å². The van der Waals surface area contributed by atoms with Crippen LogP contribution < -0.4 is 5.32 Å². The molecule has 106 valence electrons. The number of nitrogens with zero attached hydrogens (tertiary/aromatic N) is 2. The number of amides is 1. The SMILES string of the molecule is Cc1cn2ccc(C(=O)NCCc3ccccc3)cc2n1. The molecule has 0 radical (unpaired) electrons. The Bertz CT molecular complexity index is 762. The van der Waals surface area contributed by atoms with Crippen molar-refractivity contribution in [1.29, 1.82) is 0 Å². The van der Waals surface area contributed by atoms with Crippen molar-refractivity contribution in [2.24, 2.45) is 0 Å². The summed E-state index contributed by atoms with van der Waals surface area (Å²) >= 11 is 0. The number of pyridine rings is 1. The van der Waals surface area contributed by atoms with Gasteiger partial charge in [-0.2, -0.15) is 0 Å². The number of aryl methyl sites for hydroxylation is 1. The van der Waals surface area contributed by atoms with Crippen LogP contribution >= 0.6 is 0 Å². The number of carbonyl (C=O) groups is 1. The van der Waals surface area contributed by atoms with Gasteiger partial charge in [-0.1, -0.05) is 30.3 Å². The van der Waals surface area contributed by atoms with Crippen LogP contribution in [0.15, 0.2) is 54.9 Å². The third-order valence-electron chi connectivity index (χ3n) is 3.38. The van der Waals surface area contributed by atoms with E-state index >= 15 is 0 Å². The fraction of sp³-hybridized carbons (Fsp3) is 0.176. The van der Waals surface area contributed by atoms with Crippen molar-refractivity contribution in [2.75, 3.05) is 6.54 Å². The number of hydrogen-bond donors (Lipinski definition) is 1. The molecule has 0 atom stereocenters. The molecule has 21 heavy (non-hydrogen) atoms. The van der Waals surface area contributed by atoms with Gasteiger partial charge >= 0.3 is 0 Å². The fourth-order valence-corrected chi connectivity index (χ4v) is 2.32. The first-order valence-electron chi connectivity index (χ1n) is 7.00. The van der Waals surface area contributed by atoms with Crippen LogP contribution in [0.2, 0.25) is 0 Å². The largest absolute Gasteiger partial charge is 0.352 e. The summed E-state index contributed by atoms with van der Waals surface area (Å²) in [5, 5.41) is 2.94. The molecule has 1 amide bonds. The number of aromatic nitrogens is 2. The van der Waals surface area contributed by atoms with E-state index in [9.17, 15) is 4.79 Å². The van der Waals surface area contributed by atoms with Gasteiger partial charge in [-0.25, -0.2) is 4.98 Å². The van der Waals surface area contributed by atoms with Gasteiger partial charge in [0, 0.05) is 24.5 Å². The molecule has 0 unspecified atom stereocenters. The minimum atomic E-state index is -0.0610. The van der Waals surface area contributed by atoms with Crippen LogP contribution in [0.4, 0.5) is 0 Å². The summed E-state index contributed by atoms with van der Waals surface area (Å²) in [7, 11) is 0. The number of hydrogen-bond acceptors (Lipinski definition) is 2. The smallest absolute Gasteiger partial charge is 0.251 e. The predicted octanol–water partition coefficient (Wildman–Crippen LogP) is 2.62. The molecular formula is C17H17N3O. The van der Waals surface area contributed by atoms with Gasteiger partial charge in [-0.05, 0) is 31.0 Å². The Morgan fingerprint density at radius 1 is 1.24 bits per heavy atom. The average molecular weight is 279 g/mol. The van der Waals surface area contributed by atoms with E-state index in [1.165, 1.54) is 5.56 Å². The summed E-state index contributed by atoms with van der Waals surface area (Å²) in [5.74, 6) is -0.0610. The molecule has 0 aliphatic carbocycles. The Morgan fingerprint density at radius 2 is 2.05 bits per heavy atom. The summed E-state index contributed by atoms with van der Waals surface area (Å²) in [6, 6.07) is 13.7. The van der Waals surface area contributed by atoms with Crippen molar-refractivity contribution in [1.82, 2.24) is 14.7 Å². The highest BCUT2D eigenvalue weighted by Gasteiger charge is 2.07. The molecule has 2 aromatic heterocycles. The molecule has 4 heteroatoms. The topological polar surface area (TPSA) is 46.4 Å². The lowest BCUT2D eigenvalue weighted by molar-refractivity contribution is 0.0954. The number of imidazole rings is 1. The lowest BCUT2D eigenvalue weighted by atomic mass is 10.1. The monoisotopic (exact) mass is 279 g/mol. The predicted molar refractivity (Wildman–Crippen MR) is 82.4 cm³/mol. The lowest BCUT2D eigenvalue weighted by Gasteiger charge is -2.05. The Kier molecular flexibility index (Phi) is 3.69. The highest BCUT2D eigenvalue weighted by atomic mass is 16.1. The Hall–Kier alpha value is -2.62. The first kappa shape index (κ1) is 13.4. The third-order valence-corrected chi connectivity index (χ3v) is 3.38. The minimum Gasteiger partial charge on any atom is -0.352 e. The van der Waals surface area contributed by atoms with Crippen LogP contribution in [-0.2, 0) is 6.42 Å². The van der Waals surface area contributed by atoms with Crippen LogP contribution in [0, 0.1) is 6.92 Å². The zero-order valence-electron chi connectivity index (χ0n) is 11.9. The molecule has 0 saturated heterocycles. The van der Waals surface area contributed by atoms with Gasteiger partial charge in [-0.15, -0.1) is 0 Å². The number of fused-ring (bicyclic) bond motifs is 1. The quantitative estimate of drug-likeness (QED) is 0.798. The first-order chi connectivity index (χ1) is 10.2. The van der Waals surface area contributed by atoms with Crippen LogP contribution in [0.5, 0.6) is 0 Å². The third kappa shape index (κ3) is 3.11. The molecule has 0 aliphatic heterocycles. The lowest BCUT2D eigenvalue weighted by Crippen LogP contribution is -2.25. The number of rotatable bonds is 4. The van der Waals surface area contributed by atoms with Gasteiger partial charge in [0.2, 0.25) is 0 Å². The maximum Gasteiger partial charge on any atom is 0.251 e. The number of carbonyl (C=O) groups excluding carboxylic acids is 1. The molecule has 3 aromatic rings. The molecule has 0 aliphatic rings. The van der Waals surface area contributed by atoms with Crippen molar-refractivity contribution in [3.63, 3.8) is 0 Å². The average Bonchev–Trinajstić information content (AvgIpc) is 2.87. The molecule has 0 fully saturated rings. The van der Waals surface area contributed by atoms with Crippen LogP contribution in [-0.4, -0.2) is 21.8 Å². The van der Waals surface area contributed by atoms with E-state index in [0.29, 0.717) is 12.1 Å². The van der Waals surface area contributed by atoms with E-state index in [0.717, 1.165) is 17.8 Å². The zero-order chi connectivity index (χ0) is 14.7. The second-order valence-electron chi connectivity index (χ2n) is 5.05. The molecule has 4 nitrogen and oxygen atoms in total. The van der Waals surface area contributed by atoms with Crippen molar-refractivity contribution in [2.45, 2.75) is 13.3 Å². The number of benzene rings is 1. The molecule has 0 bridgehead atoms. The van der Waals surface area contributed by atoms with Crippen molar-refractivity contribution >= 4 is 11.6 Å². The molecule has 1 aromatic carbocycles. The molecule has 0 saturated carbocycles. The second kappa shape index (κ2) is 5.79. The Morgan fingerprint density at radius 3 is 2.86 bits per heavy atom. The summed E-state index contributed by atoms with van der Waals surface area (Å²) < 4.78 is 1.91.